The van der Waals surface area contributed by atoms with Crippen LogP contribution in [0.25, 0.3) is 0 Å². The van der Waals surface area contributed by atoms with Crippen LogP contribution in [0, 0.1) is 12.8 Å². The number of benzene rings is 1. The maximum Gasteiger partial charge on any atom is 0.253 e. The molecule has 1 amide bonds. The van der Waals surface area contributed by atoms with E-state index >= 15 is 0 Å². The van der Waals surface area contributed by atoms with Crippen molar-refractivity contribution >= 4 is 38.8 Å². The predicted octanol–water partition coefficient (Wildman–Crippen LogP) is 3.77. The van der Waals surface area contributed by atoms with E-state index in [1.807, 2.05) is 31.2 Å². The molecule has 3 heterocycles. The molecule has 1 aromatic heterocycles. The van der Waals surface area contributed by atoms with Crippen LogP contribution < -0.4 is 15.8 Å². The molecule has 8 heteroatoms. The van der Waals surface area contributed by atoms with E-state index in [0.29, 0.717) is 10.7 Å². The summed E-state index contributed by atoms with van der Waals surface area (Å²) in [4.78, 5) is 22.0. The van der Waals surface area contributed by atoms with Gasteiger partial charge >= 0.3 is 0 Å². The number of ether oxygens (including phenoxy) is 1. The number of amidine groups is 1. The molecule has 156 valence electrons. The van der Waals surface area contributed by atoms with Crippen molar-refractivity contribution in [1.29, 1.82) is 0 Å². The van der Waals surface area contributed by atoms with Gasteiger partial charge in [0.15, 0.2) is 5.17 Å². The Kier molecular flexibility index (Phi) is 5.01. The summed E-state index contributed by atoms with van der Waals surface area (Å²) in [7, 11) is 0. The van der Waals surface area contributed by atoms with Crippen molar-refractivity contribution in [3.63, 3.8) is 0 Å². The third-order valence-electron chi connectivity index (χ3n) is 6.35. The molecule has 0 saturated heterocycles. The van der Waals surface area contributed by atoms with Crippen molar-refractivity contribution < 1.29 is 9.53 Å². The van der Waals surface area contributed by atoms with E-state index in [0.717, 1.165) is 46.5 Å². The van der Waals surface area contributed by atoms with Gasteiger partial charge in [-0.25, -0.2) is 4.99 Å². The first kappa shape index (κ1) is 19.9. The van der Waals surface area contributed by atoms with Crippen LogP contribution >= 0.6 is 27.7 Å². The Hall–Kier alpha value is -2.06. The summed E-state index contributed by atoms with van der Waals surface area (Å²) in [6, 6.07) is 9.87. The van der Waals surface area contributed by atoms with Gasteiger partial charge < -0.3 is 15.8 Å². The van der Waals surface area contributed by atoms with Crippen molar-refractivity contribution in [3.8, 4) is 5.75 Å². The zero-order valence-electron chi connectivity index (χ0n) is 16.6. The number of carbonyl (C=O) groups excluding carboxylic acids is 1. The number of pyridine rings is 1. The number of thioether (sulfide) groups is 1. The summed E-state index contributed by atoms with van der Waals surface area (Å²) in [5.74, 6) is 1.77. The molecule has 1 spiro atoms. The Morgan fingerprint density at radius 2 is 2.20 bits per heavy atom. The largest absolute Gasteiger partial charge is 0.490 e. The number of aliphatic imine (C=N–C) groups is 1. The summed E-state index contributed by atoms with van der Waals surface area (Å²) in [5, 5.41) is 3.83. The van der Waals surface area contributed by atoms with E-state index < -0.39 is 5.54 Å². The molecule has 2 aromatic rings. The topological polar surface area (TPSA) is 89.6 Å². The average molecular weight is 487 g/mol. The van der Waals surface area contributed by atoms with E-state index in [1.54, 1.807) is 18.0 Å². The summed E-state index contributed by atoms with van der Waals surface area (Å²) in [5.41, 5.74) is 8.30. The third-order valence-corrected chi connectivity index (χ3v) is 7.81. The van der Waals surface area contributed by atoms with Gasteiger partial charge in [-0.2, -0.15) is 0 Å². The molecular weight excluding hydrogens is 464 g/mol. The Balaban J connectivity index is 1.43. The lowest BCUT2D eigenvalue weighted by Gasteiger charge is -2.48. The maximum absolute atomic E-state index is 12.8. The molecule has 2 aliphatic heterocycles. The molecule has 1 aliphatic carbocycles. The number of nitrogens with two attached hydrogens (primary N) is 1. The molecule has 3 aliphatic rings. The highest BCUT2D eigenvalue weighted by Crippen LogP contribution is 2.54. The van der Waals surface area contributed by atoms with Gasteiger partial charge in [-0.3, -0.25) is 9.78 Å². The predicted molar refractivity (Wildman–Crippen MR) is 122 cm³/mol. The zero-order chi connectivity index (χ0) is 20.9. The van der Waals surface area contributed by atoms with E-state index in [9.17, 15) is 4.79 Å². The Labute approximate surface area is 188 Å². The summed E-state index contributed by atoms with van der Waals surface area (Å²) in [6.07, 6.45) is 4.26. The lowest BCUT2D eigenvalue weighted by Crippen LogP contribution is -2.54. The van der Waals surface area contributed by atoms with Crippen LogP contribution in [-0.2, 0) is 5.54 Å². The molecule has 30 heavy (non-hydrogen) atoms. The molecule has 4 atom stereocenters. The lowest BCUT2D eigenvalue weighted by atomic mass is 9.67. The quantitative estimate of drug-likeness (QED) is 0.674. The highest BCUT2D eigenvalue weighted by atomic mass is 79.9. The number of amides is 1. The first-order valence-corrected chi connectivity index (χ1v) is 11.9. The van der Waals surface area contributed by atoms with Gasteiger partial charge in [0.2, 0.25) is 0 Å². The van der Waals surface area contributed by atoms with Crippen LogP contribution in [0.3, 0.4) is 0 Å². The van der Waals surface area contributed by atoms with Crippen LogP contribution in [0.5, 0.6) is 5.75 Å². The maximum atomic E-state index is 12.8. The molecular formula is C22H23BrN4O2S. The minimum absolute atomic E-state index is 0.0660. The number of hydrogen-bond donors (Lipinski definition) is 2. The van der Waals surface area contributed by atoms with Gasteiger partial charge in [-0.1, -0.05) is 27.7 Å². The normalized spacial score (nSPS) is 29.5. The van der Waals surface area contributed by atoms with Gasteiger partial charge in [0, 0.05) is 39.6 Å². The van der Waals surface area contributed by atoms with Gasteiger partial charge in [-0.15, -0.1) is 0 Å². The Morgan fingerprint density at radius 1 is 1.33 bits per heavy atom. The van der Waals surface area contributed by atoms with Crippen molar-refractivity contribution in [1.82, 2.24) is 10.3 Å². The fourth-order valence-corrected chi connectivity index (χ4v) is 6.26. The molecule has 1 aromatic carbocycles. The first-order chi connectivity index (χ1) is 14.4. The second-order valence-electron chi connectivity index (χ2n) is 8.24. The number of fused-ring (bicyclic) bond motifs is 4. The standard InChI is InChI=1S/C22H23BrN4O2S/c1-12-2-3-13(10-25-12)20(28)26-15-5-7-19-17(9-15)22(11-30-21(24)27-22)16-8-14(23)4-6-18(16)29-19/h2-4,6,8,10,15,17,19H,5,7,9,11H2,1H3,(H2,24,27)(H,26,28)/t15?,17-,19-,22?/m0/s1. The minimum Gasteiger partial charge on any atom is -0.490 e. The van der Waals surface area contributed by atoms with Gasteiger partial charge in [-0.05, 0) is 56.5 Å². The van der Waals surface area contributed by atoms with Gasteiger partial charge in [0.25, 0.3) is 5.91 Å². The molecule has 2 unspecified atom stereocenters. The van der Waals surface area contributed by atoms with Crippen molar-refractivity contribution in [2.75, 3.05) is 5.75 Å². The van der Waals surface area contributed by atoms with Crippen LogP contribution in [0.1, 0.15) is 40.9 Å². The van der Waals surface area contributed by atoms with E-state index in [2.05, 4.69) is 32.3 Å². The second kappa shape index (κ2) is 7.57. The number of aryl methyl sites for hydroxylation is 1. The highest BCUT2D eigenvalue weighted by Gasteiger charge is 2.54. The number of halogens is 1. The molecule has 3 N–H and O–H groups in total. The molecule has 0 radical (unpaired) electrons. The average Bonchev–Trinajstić information content (AvgIpc) is 3.12. The number of rotatable bonds is 2. The number of carbonyl (C=O) groups is 1. The van der Waals surface area contributed by atoms with Crippen LogP contribution in [0.2, 0.25) is 0 Å². The van der Waals surface area contributed by atoms with E-state index in [1.165, 1.54) is 0 Å². The van der Waals surface area contributed by atoms with Gasteiger partial charge in [0.05, 0.1) is 5.56 Å². The third kappa shape index (κ3) is 3.39. The van der Waals surface area contributed by atoms with E-state index in [-0.39, 0.29) is 24.0 Å². The van der Waals surface area contributed by atoms with Crippen molar-refractivity contribution in [3.05, 3.63) is 57.8 Å². The van der Waals surface area contributed by atoms with Crippen LogP contribution in [-0.4, -0.2) is 34.0 Å². The summed E-state index contributed by atoms with van der Waals surface area (Å²) < 4.78 is 7.40. The molecule has 5 rings (SSSR count). The number of hydrogen-bond acceptors (Lipinski definition) is 6. The monoisotopic (exact) mass is 486 g/mol. The summed E-state index contributed by atoms with van der Waals surface area (Å²) in [6.45, 7) is 1.91. The molecule has 1 fully saturated rings. The SMILES string of the molecule is Cc1ccc(C(=O)NC2CC[C@@H]3Oc4ccc(Br)cc4C4(CSC(N)=N4)[C@H]3C2)cn1. The Morgan fingerprint density at radius 3 is 2.93 bits per heavy atom. The number of aromatic nitrogens is 1. The minimum atomic E-state index is -0.411. The molecule has 0 bridgehead atoms. The lowest BCUT2D eigenvalue weighted by molar-refractivity contribution is 0.0155. The molecule has 6 nitrogen and oxygen atoms in total. The first-order valence-electron chi connectivity index (χ1n) is 10.1. The highest BCUT2D eigenvalue weighted by molar-refractivity contribution is 9.10. The fourth-order valence-electron chi connectivity index (χ4n) is 4.87. The van der Waals surface area contributed by atoms with Crippen molar-refractivity contribution in [2.45, 2.75) is 43.9 Å². The zero-order valence-corrected chi connectivity index (χ0v) is 19.0. The van der Waals surface area contributed by atoms with Crippen LogP contribution in [0.15, 0.2) is 46.0 Å². The van der Waals surface area contributed by atoms with Crippen molar-refractivity contribution in [2.24, 2.45) is 16.6 Å². The summed E-state index contributed by atoms with van der Waals surface area (Å²) >= 11 is 5.20. The second-order valence-corrected chi connectivity index (χ2v) is 10.1. The number of nitrogens with zero attached hydrogens (tertiary/aromatic N) is 2. The van der Waals surface area contributed by atoms with Gasteiger partial charge in [0.1, 0.15) is 17.4 Å². The number of nitrogens with one attached hydrogen (secondary N) is 1. The smallest absolute Gasteiger partial charge is 0.253 e. The fraction of sp³-hybridized carbons (Fsp3) is 0.409. The molecule has 1 saturated carbocycles. The Bertz CT molecular complexity index is 1030. The van der Waals surface area contributed by atoms with E-state index in [4.69, 9.17) is 15.5 Å². The van der Waals surface area contributed by atoms with Crippen LogP contribution in [0.4, 0.5) is 0 Å².